The first kappa shape index (κ1) is 54.1. The van der Waals surface area contributed by atoms with Crippen molar-refractivity contribution in [3.63, 3.8) is 0 Å². The monoisotopic (exact) mass is 797 g/mol. The highest BCUT2D eigenvalue weighted by molar-refractivity contribution is 5.71. The molecule has 1 atom stereocenters. The molecule has 0 aromatic rings. The Morgan fingerprint density at radius 2 is 0.789 bits per heavy atom. The van der Waals surface area contributed by atoms with Crippen LogP contribution in [0.2, 0.25) is 0 Å². The smallest absolute Gasteiger partial charge is 0.306 e. The number of ether oxygens (including phenoxy) is 3. The average molecular weight is 797 g/mol. The van der Waals surface area contributed by atoms with Gasteiger partial charge < -0.3 is 14.2 Å². The van der Waals surface area contributed by atoms with Gasteiger partial charge in [-0.05, 0) is 57.8 Å². The summed E-state index contributed by atoms with van der Waals surface area (Å²) in [6.45, 7) is 6.42. The number of unbranched alkanes of at least 4 members (excludes halogenated alkanes) is 23. The number of esters is 3. The summed E-state index contributed by atoms with van der Waals surface area (Å²) in [4.78, 5) is 37.8. The second kappa shape index (κ2) is 45.8. The Labute approximate surface area is 351 Å². The molecule has 0 heterocycles. The lowest BCUT2D eigenvalue weighted by atomic mass is 10.0. The molecule has 0 radical (unpaired) electrons. The van der Waals surface area contributed by atoms with E-state index in [4.69, 9.17) is 14.2 Å². The molecule has 0 amide bonds. The standard InChI is InChI=1S/C51H88O6/c1-4-7-10-13-16-19-22-25-28-31-34-37-40-43-49(52)55-46-48(57-51(54)45-42-39-36-33-30-27-24-21-18-15-12-9-6-3)47-56-50(53)44-41-38-35-32-29-26-23-20-17-14-11-8-5-2/h7,10,13,16,19,22,27,30,36,39,48H,4-6,8-9,11-12,14-15,17-18,20-21,23-26,28-29,31-35,37-38,40-47H2,1-3H3/b10-7-,16-13-,22-19-,30-27-,39-36-. The van der Waals surface area contributed by atoms with Crippen LogP contribution >= 0.6 is 0 Å². The number of carbonyl (C=O) groups excluding carboxylic acids is 3. The van der Waals surface area contributed by atoms with Crippen molar-refractivity contribution in [2.24, 2.45) is 0 Å². The molecule has 0 N–H and O–H groups in total. The first-order chi connectivity index (χ1) is 28.0. The molecule has 0 saturated heterocycles. The number of allylic oxidation sites excluding steroid dienone is 10. The predicted octanol–water partition coefficient (Wildman–Crippen LogP) is 15.3. The van der Waals surface area contributed by atoms with Gasteiger partial charge in [0.15, 0.2) is 6.10 Å². The van der Waals surface area contributed by atoms with E-state index < -0.39 is 6.10 Å². The fraction of sp³-hybridized carbons (Fsp3) is 0.745. The van der Waals surface area contributed by atoms with E-state index in [9.17, 15) is 14.4 Å². The van der Waals surface area contributed by atoms with Crippen LogP contribution in [0.25, 0.3) is 0 Å². The number of carbonyl (C=O) groups is 3. The summed E-state index contributed by atoms with van der Waals surface area (Å²) in [6.07, 6.45) is 55.0. The Kier molecular flexibility index (Phi) is 43.5. The van der Waals surface area contributed by atoms with Gasteiger partial charge in [-0.25, -0.2) is 0 Å². The second-order valence-corrected chi connectivity index (χ2v) is 15.7. The van der Waals surface area contributed by atoms with Gasteiger partial charge in [0.05, 0.1) is 0 Å². The van der Waals surface area contributed by atoms with Gasteiger partial charge in [0, 0.05) is 19.3 Å². The molecule has 0 bridgehead atoms. The molecule has 328 valence electrons. The summed E-state index contributed by atoms with van der Waals surface area (Å²) in [7, 11) is 0. The molecule has 0 aliphatic carbocycles. The van der Waals surface area contributed by atoms with Crippen molar-refractivity contribution in [2.45, 2.75) is 232 Å². The van der Waals surface area contributed by atoms with Gasteiger partial charge in [0.1, 0.15) is 13.2 Å². The zero-order valence-corrected chi connectivity index (χ0v) is 37.3. The van der Waals surface area contributed by atoms with Crippen LogP contribution in [0.5, 0.6) is 0 Å². The van der Waals surface area contributed by atoms with E-state index in [-0.39, 0.29) is 37.5 Å². The summed E-state index contributed by atoms with van der Waals surface area (Å²) in [5.41, 5.74) is 0. The summed E-state index contributed by atoms with van der Waals surface area (Å²) < 4.78 is 16.7. The van der Waals surface area contributed by atoms with Crippen LogP contribution in [0.1, 0.15) is 226 Å². The summed E-state index contributed by atoms with van der Waals surface area (Å²) in [5.74, 6) is -0.992. The molecule has 0 aromatic carbocycles. The molecular weight excluding hydrogens is 709 g/mol. The SMILES string of the molecule is CC\C=C/C=C\C=C/CCCCCCCC(=O)OCC(COC(=O)CCCCCCCCCCCCCCC)OC(=O)CC/C=C\C/C=C\CCCCCCCC. The average Bonchev–Trinajstić information content (AvgIpc) is 3.21. The van der Waals surface area contributed by atoms with Crippen LogP contribution < -0.4 is 0 Å². The molecule has 1 unspecified atom stereocenters. The van der Waals surface area contributed by atoms with Gasteiger partial charge in [-0.15, -0.1) is 0 Å². The molecule has 0 fully saturated rings. The summed E-state index contributed by atoms with van der Waals surface area (Å²) >= 11 is 0. The predicted molar refractivity (Wildman–Crippen MR) is 242 cm³/mol. The van der Waals surface area contributed by atoms with Crippen LogP contribution in [0.15, 0.2) is 60.8 Å². The Balaban J connectivity index is 4.47. The Hall–Kier alpha value is -2.89. The number of hydrogen-bond acceptors (Lipinski definition) is 6. The van der Waals surface area contributed by atoms with E-state index >= 15 is 0 Å². The van der Waals surface area contributed by atoms with Gasteiger partial charge in [-0.3, -0.25) is 14.4 Å². The van der Waals surface area contributed by atoms with Gasteiger partial charge in [0.25, 0.3) is 0 Å². The summed E-state index contributed by atoms with van der Waals surface area (Å²) in [5, 5.41) is 0. The minimum Gasteiger partial charge on any atom is -0.462 e. The third-order valence-corrected chi connectivity index (χ3v) is 10.1. The lowest BCUT2D eigenvalue weighted by Crippen LogP contribution is -2.30. The van der Waals surface area contributed by atoms with E-state index in [2.05, 4.69) is 75.5 Å². The highest BCUT2D eigenvalue weighted by Gasteiger charge is 2.19. The van der Waals surface area contributed by atoms with E-state index in [1.54, 1.807) is 0 Å². The zero-order chi connectivity index (χ0) is 41.5. The van der Waals surface area contributed by atoms with Crippen molar-refractivity contribution in [2.75, 3.05) is 13.2 Å². The van der Waals surface area contributed by atoms with Crippen LogP contribution in [0.3, 0.4) is 0 Å². The maximum absolute atomic E-state index is 12.7. The van der Waals surface area contributed by atoms with Gasteiger partial charge in [0.2, 0.25) is 0 Å². The van der Waals surface area contributed by atoms with E-state index in [0.29, 0.717) is 19.3 Å². The Bertz CT molecular complexity index is 1050. The minimum absolute atomic E-state index is 0.102. The molecule has 0 aliphatic rings. The van der Waals surface area contributed by atoms with Crippen molar-refractivity contribution in [1.82, 2.24) is 0 Å². The van der Waals surface area contributed by atoms with Gasteiger partial charge in [-0.2, -0.15) is 0 Å². The van der Waals surface area contributed by atoms with Crippen molar-refractivity contribution in [1.29, 1.82) is 0 Å². The molecule has 0 rings (SSSR count). The van der Waals surface area contributed by atoms with E-state index in [1.807, 2.05) is 6.08 Å². The normalized spacial score (nSPS) is 12.5. The van der Waals surface area contributed by atoms with Crippen LogP contribution in [-0.4, -0.2) is 37.2 Å². The Morgan fingerprint density at radius 3 is 1.26 bits per heavy atom. The molecule has 0 saturated carbocycles. The van der Waals surface area contributed by atoms with Crippen molar-refractivity contribution in [3.05, 3.63) is 60.8 Å². The Morgan fingerprint density at radius 1 is 0.386 bits per heavy atom. The molecule has 6 heteroatoms. The molecule has 6 nitrogen and oxygen atoms in total. The topological polar surface area (TPSA) is 78.9 Å². The molecule has 0 aromatic heterocycles. The quantitative estimate of drug-likeness (QED) is 0.0201. The number of rotatable bonds is 42. The van der Waals surface area contributed by atoms with Crippen molar-refractivity contribution >= 4 is 17.9 Å². The molecular formula is C51H88O6. The molecule has 0 aliphatic heterocycles. The second-order valence-electron chi connectivity index (χ2n) is 15.7. The first-order valence-electron chi connectivity index (χ1n) is 23.8. The minimum atomic E-state index is -0.809. The van der Waals surface area contributed by atoms with E-state index in [0.717, 1.165) is 77.0 Å². The number of hydrogen-bond donors (Lipinski definition) is 0. The van der Waals surface area contributed by atoms with E-state index in [1.165, 1.54) is 103 Å². The lowest BCUT2D eigenvalue weighted by Gasteiger charge is -2.18. The molecule has 57 heavy (non-hydrogen) atoms. The maximum atomic E-state index is 12.7. The fourth-order valence-corrected chi connectivity index (χ4v) is 6.49. The third-order valence-electron chi connectivity index (χ3n) is 10.1. The van der Waals surface area contributed by atoms with Crippen molar-refractivity contribution < 1.29 is 28.6 Å². The van der Waals surface area contributed by atoms with Gasteiger partial charge >= 0.3 is 17.9 Å². The fourth-order valence-electron chi connectivity index (χ4n) is 6.49. The third kappa shape index (κ3) is 44.1. The van der Waals surface area contributed by atoms with Crippen LogP contribution in [0, 0.1) is 0 Å². The highest BCUT2D eigenvalue weighted by atomic mass is 16.6. The largest absolute Gasteiger partial charge is 0.462 e. The van der Waals surface area contributed by atoms with Crippen LogP contribution in [-0.2, 0) is 28.6 Å². The molecule has 0 spiro atoms. The lowest BCUT2D eigenvalue weighted by molar-refractivity contribution is -0.166. The highest BCUT2D eigenvalue weighted by Crippen LogP contribution is 2.14. The van der Waals surface area contributed by atoms with Crippen LogP contribution in [0.4, 0.5) is 0 Å². The van der Waals surface area contributed by atoms with Gasteiger partial charge in [-0.1, -0.05) is 210 Å². The first-order valence-corrected chi connectivity index (χ1v) is 23.8. The van der Waals surface area contributed by atoms with Crippen molar-refractivity contribution in [3.8, 4) is 0 Å². The summed E-state index contributed by atoms with van der Waals surface area (Å²) in [6, 6.07) is 0. The maximum Gasteiger partial charge on any atom is 0.306 e. The zero-order valence-electron chi connectivity index (χ0n) is 37.3.